The Balaban J connectivity index is 1.55. The Morgan fingerprint density at radius 2 is 1.71 bits per heavy atom. The molecule has 2 aromatic carbocycles. The Morgan fingerprint density at radius 1 is 1.05 bits per heavy atom. The number of rotatable bonds is 3. The summed E-state index contributed by atoms with van der Waals surface area (Å²) in [5.41, 5.74) is 4.75. The number of ketones is 3. The molecule has 2 fully saturated rings. The highest BCUT2D eigenvalue weighted by atomic mass is 16.3. The van der Waals surface area contributed by atoms with E-state index in [0.29, 0.717) is 22.4 Å². The number of nitrogens with zero attached hydrogens (tertiary/aromatic N) is 1. The number of anilines is 1. The number of nitrogens with one attached hydrogen (secondary N) is 1. The summed E-state index contributed by atoms with van der Waals surface area (Å²) in [5, 5.41) is 36.0. The van der Waals surface area contributed by atoms with Gasteiger partial charge in [0.25, 0.3) is 0 Å². The van der Waals surface area contributed by atoms with E-state index >= 15 is 0 Å². The summed E-state index contributed by atoms with van der Waals surface area (Å²) < 4.78 is 0. The van der Waals surface area contributed by atoms with Crippen molar-refractivity contribution in [2.45, 2.75) is 37.5 Å². The number of carbonyl (C=O) groups excluding carboxylic acids is 5. The third kappa shape index (κ3) is 4.48. The standard InChI is InChI=1S/C31H31N3O8/c1-14(35)33-18-9-5-15(6-10-18)4-7-16-8-11-21(36)23-19(16)12-17-13-20-25(34(2)3)27(38)24(30(32)41)29(40)31(20,42)28(39)22(17)26(23)37/h5-6,8-11,17,20,22,24-25,27,36,38,42H,12-13H2,1-3H3,(H2,32,41)(H,33,35)/t17-,20-,22?,24?,25-,27?,31-/m1/s1. The van der Waals surface area contributed by atoms with Crippen molar-refractivity contribution in [3.05, 3.63) is 58.7 Å². The number of fused-ring (bicyclic) bond motifs is 3. The number of Topliss-reactive ketones (excluding diaryl/α,β-unsaturated/α-hetero) is 3. The van der Waals surface area contributed by atoms with E-state index in [1.54, 1.807) is 44.4 Å². The van der Waals surface area contributed by atoms with Crippen LogP contribution in [0.4, 0.5) is 5.69 Å². The summed E-state index contributed by atoms with van der Waals surface area (Å²) >= 11 is 0. The van der Waals surface area contributed by atoms with Crippen LogP contribution in [0, 0.1) is 35.5 Å². The fourth-order valence-electron chi connectivity index (χ4n) is 6.92. The van der Waals surface area contributed by atoms with Crippen LogP contribution in [-0.2, 0) is 25.6 Å². The molecule has 0 aliphatic heterocycles. The van der Waals surface area contributed by atoms with Gasteiger partial charge in [-0.2, -0.15) is 0 Å². The van der Waals surface area contributed by atoms with Crippen molar-refractivity contribution in [3.8, 4) is 17.6 Å². The Morgan fingerprint density at radius 3 is 2.31 bits per heavy atom. The lowest BCUT2D eigenvalue weighted by atomic mass is 9.52. The van der Waals surface area contributed by atoms with Gasteiger partial charge in [-0.25, -0.2) is 0 Å². The van der Waals surface area contributed by atoms with E-state index in [4.69, 9.17) is 5.73 Å². The van der Waals surface area contributed by atoms with E-state index in [-0.39, 0.29) is 30.1 Å². The highest BCUT2D eigenvalue weighted by Gasteiger charge is 2.69. The Hall–Kier alpha value is -4.37. The third-order valence-electron chi connectivity index (χ3n) is 8.72. The maximum Gasteiger partial charge on any atom is 0.230 e. The van der Waals surface area contributed by atoms with Crippen LogP contribution in [0.15, 0.2) is 36.4 Å². The highest BCUT2D eigenvalue weighted by molar-refractivity contribution is 6.25. The van der Waals surface area contributed by atoms with Gasteiger partial charge < -0.3 is 31.3 Å². The van der Waals surface area contributed by atoms with Crippen LogP contribution in [0.3, 0.4) is 0 Å². The summed E-state index contributed by atoms with van der Waals surface area (Å²) in [5.74, 6) is -3.71. The SMILES string of the molecule is CC(=O)Nc1ccc(C#Cc2ccc(O)c3c2C[C@@H]2C[C@@H]4[C@@H](N(C)C)C(O)C(C(N)=O)C(=O)[C@]4(O)C(=O)C2C3=O)cc1. The third-order valence-corrected chi connectivity index (χ3v) is 8.72. The highest BCUT2D eigenvalue weighted by Crippen LogP contribution is 2.51. The van der Waals surface area contributed by atoms with Gasteiger partial charge in [0.05, 0.1) is 17.6 Å². The molecule has 2 amide bonds. The van der Waals surface area contributed by atoms with E-state index in [0.717, 1.165) is 0 Å². The van der Waals surface area contributed by atoms with Gasteiger partial charge in [0.15, 0.2) is 23.0 Å². The minimum Gasteiger partial charge on any atom is -0.507 e. The van der Waals surface area contributed by atoms with Crippen molar-refractivity contribution in [2.24, 2.45) is 29.4 Å². The van der Waals surface area contributed by atoms with E-state index in [2.05, 4.69) is 17.2 Å². The van der Waals surface area contributed by atoms with Crippen molar-refractivity contribution < 1.29 is 39.3 Å². The van der Waals surface area contributed by atoms with Crippen molar-refractivity contribution >= 4 is 34.9 Å². The molecule has 218 valence electrons. The molecular formula is C31H31N3O8. The van der Waals surface area contributed by atoms with Gasteiger partial charge in [-0.3, -0.25) is 24.0 Å². The molecule has 0 radical (unpaired) electrons. The maximum atomic E-state index is 13.9. The summed E-state index contributed by atoms with van der Waals surface area (Å²) in [7, 11) is 3.18. The number of nitrogens with two attached hydrogens (primary N) is 1. The zero-order valence-electron chi connectivity index (χ0n) is 23.2. The minimum atomic E-state index is -2.71. The first-order chi connectivity index (χ1) is 19.8. The second-order valence-corrected chi connectivity index (χ2v) is 11.5. The predicted molar refractivity (Wildman–Crippen MR) is 149 cm³/mol. The minimum absolute atomic E-state index is 0.0162. The summed E-state index contributed by atoms with van der Waals surface area (Å²) in [4.78, 5) is 66.1. The number of aliphatic hydroxyl groups excluding tert-OH is 1. The quantitative estimate of drug-likeness (QED) is 0.249. The topological polar surface area (TPSA) is 187 Å². The van der Waals surface area contributed by atoms with Crippen LogP contribution in [0.1, 0.15) is 40.4 Å². The average Bonchev–Trinajstić information content (AvgIpc) is 2.90. The molecule has 5 rings (SSSR count). The Labute approximate surface area is 241 Å². The number of hydrogen-bond acceptors (Lipinski definition) is 9. The second-order valence-electron chi connectivity index (χ2n) is 11.5. The molecule has 7 atom stereocenters. The van der Waals surface area contributed by atoms with E-state index in [9.17, 15) is 39.3 Å². The number of amides is 2. The summed E-state index contributed by atoms with van der Waals surface area (Å²) in [6.07, 6.45) is -1.40. The molecule has 0 aromatic heterocycles. The number of aliphatic hydroxyl groups is 2. The van der Waals surface area contributed by atoms with E-state index < -0.39 is 64.7 Å². The number of likely N-dealkylation sites (N-methyl/N-ethyl adjacent to an activating group) is 1. The number of primary amides is 1. The molecule has 3 unspecified atom stereocenters. The molecule has 6 N–H and O–H groups in total. The smallest absolute Gasteiger partial charge is 0.230 e. The first kappa shape index (κ1) is 29.1. The number of hydrogen-bond donors (Lipinski definition) is 5. The molecule has 11 heteroatoms. The second kappa shape index (κ2) is 10.5. The first-order valence-electron chi connectivity index (χ1n) is 13.5. The molecule has 3 aliphatic rings. The number of phenolic OH excluding ortho intramolecular Hbond substituents is 1. The van der Waals surface area contributed by atoms with Crippen LogP contribution in [0.25, 0.3) is 0 Å². The van der Waals surface area contributed by atoms with Crippen molar-refractivity contribution in [1.29, 1.82) is 0 Å². The number of carbonyl (C=O) groups is 5. The molecule has 2 saturated carbocycles. The largest absolute Gasteiger partial charge is 0.507 e. The van der Waals surface area contributed by atoms with Gasteiger partial charge >= 0.3 is 0 Å². The molecule has 3 aliphatic carbocycles. The van der Waals surface area contributed by atoms with Crippen LogP contribution in [0.5, 0.6) is 5.75 Å². The fraction of sp³-hybridized carbons (Fsp3) is 0.387. The lowest BCUT2D eigenvalue weighted by Gasteiger charge is -2.54. The Bertz CT molecular complexity index is 1590. The van der Waals surface area contributed by atoms with E-state index in [1.807, 2.05) is 0 Å². The fourth-order valence-corrected chi connectivity index (χ4v) is 6.92. The number of benzene rings is 2. The average molecular weight is 574 g/mol. The molecule has 42 heavy (non-hydrogen) atoms. The van der Waals surface area contributed by atoms with Crippen molar-refractivity contribution in [2.75, 3.05) is 19.4 Å². The van der Waals surface area contributed by atoms with Crippen LogP contribution in [0.2, 0.25) is 0 Å². The van der Waals surface area contributed by atoms with Gasteiger partial charge in [-0.1, -0.05) is 11.8 Å². The summed E-state index contributed by atoms with van der Waals surface area (Å²) in [6.45, 7) is 1.40. The number of phenols is 1. The van der Waals surface area contributed by atoms with Crippen molar-refractivity contribution in [3.63, 3.8) is 0 Å². The van der Waals surface area contributed by atoms with Gasteiger partial charge in [0, 0.05) is 35.7 Å². The van der Waals surface area contributed by atoms with Crippen LogP contribution >= 0.6 is 0 Å². The van der Waals surface area contributed by atoms with Gasteiger partial charge in [0.2, 0.25) is 11.8 Å². The summed E-state index contributed by atoms with van der Waals surface area (Å²) in [6, 6.07) is 8.75. The monoisotopic (exact) mass is 573 g/mol. The van der Waals surface area contributed by atoms with Gasteiger partial charge in [-0.05, 0) is 74.8 Å². The van der Waals surface area contributed by atoms with Crippen LogP contribution in [-0.4, -0.2) is 81.2 Å². The lowest BCUT2D eigenvalue weighted by molar-refractivity contribution is -0.190. The zero-order valence-corrected chi connectivity index (χ0v) is 23.2. The first-order valence-corrected chi connectivity index (χ1v) is 13.5. The molecule has 0 spiro atoms. The number of aromatic hydroxyl groups is 1. The molecule has 0 bridgehead atoms. The van der Waals surface area contributed by atoms with E-state index in [1.165, 1.54) is 17.9 Å². The molecule has 0 saturated heterocycles. The maximum absolute atomic E-state index is 13.9. The van der Waals surface area contributed by atoms with Crippen LogP contribution < -0.4 is 11.1 Å². The molecule has 0 heterocycles. The molecule has 2 aromatic rings. The zero-order chi connectivity index (χ0) is 30.7. The Kier molecular flexibility index (Phi) is 7.27. The van der Waals surface area contributed by atoms with Gasteiger partial charge in [0.1, 0.15) is 11.7 Å². The van der Waals surface area contributed by atoms with Crippen molar-refractivity contribution in [1.82, 2.24) is 4.90 Å². The lowest BCUT2D eigenvalue weighted by Crippen LogP contribution is -2.75. The van der Waals surface area contributed by atoms with Gasteiger partial charge in [-0.15, -0.1) is 0 Å². The predicted octanol–water partition coefficient (Wildman–Crippen LogP) is 0.0170. The normalized spacial score (nSPS) is 30.0. The molecular weight excluding hydrogens is 542 g/mol. The molecule has 11 nitrogen and oxygen atoms in total.